The number of para-hydroxylation sites is 1. The van der Waals surface area contributed by atoms with E-state index in [0.29, 0.717) is 16.8 Å². The van der Waals surface area contributed by atoms with Crippen LogP contribution in [0.25, 0.3) is 0 Å². The van der Waals surface area contributed by atoms with Crippen LogP contribution in [-0.2, 0) is 0 Å². The van der Waals surface area contributed by atoms with Crippen LogP contribution in [0, 0.1) is 0 Å². The predicted molar refractivity (Wildman–Crippen MR) is 79.9 cm³/mol. The van der Waals surface area contributed by atoms with Crippen LogP contribution in [0.4, 0.5) is 5.69 Å². The van der Waals surface area contributed by atoms with Crippen molar-refractivity contribution in [1.29, 1.82) is 0 Å². The SMILES string of the molecule is NC(=S)NNc1ccccc1C(=O)c1ccccc1. The van der Waals surface area contributed by atoms with Crippen LogP contribution in [-0.4, -0.2) is 10.9 Å². The Hall–Kier alpha value is -2.40. The summed E-state index contributed by atoms with van der Waals surface area (Å²) in [4.78, 5) is 12.4. The van der Waals surface area contributed by atoms with E-state index in [4.69, 9.17) is 18.0 Å². The van der Waals surface area contributed by atoms with Crippen LogP contribution in [0.15, 0.2) is 54.6 Å². The van der Waals surface area contributed by atoms with Crippen molar-refractivity contribution < 1.29 is 4.79 Å². The van der Waals surface area contributed by atoms with Gasteiger partial charge in [-0.2, -0.15) is 0 Å². The molecule has 0 atom stereocenters. The smallest absolute Gasteiger partial charge is 0.195 e. The zero-order valence-corrected chi connectivity index (χ0v) is 10.9. The first-order chi connectivity index (χ1) is 9.18. The van der Waals surface area contributed by atoms with E-state index in [9.17, 15) is 4.79 Å². The van der Waals surface area contributed by atoms with E-state index in [2.05, 4.69) is 10.9 Å². The van der Waals surface area contributed by atoms with Gasteiger partial charge in [-0.3, -0.25) is 15.6 Å². The number of carbonyl (C=O) groups excluding carboxylic acids is 1. The highest BCUT2D eigenvalue weighted by molar-refractivity contribution is 7.80. The molecule has 96 valence electrons. The lowest BCUT2D eigenvalue weighted by Gasteiger charge is -2.12. The largest absolute Gasteiger partial charge is 0.375 e. The number of thiocarbonyl (C=S) groups is 1. The summed E-state index contributed by atoms with van der Waals surface area (Å²) in [5.41, 5.74) is 12.6. The second-order valence-corrected chi connectivity index (χ2v) is 4.29. The van der Waals surface area contributed by atoms with Gasteiger partial charge in [-0.15, -0.1) is 0 Å². The number of hydrazine groups is 1. The van der Waals surface area contributed by atoms with Gasteiger partial charge in [-0.05, 0) is 24.4 Å². The normalized spacial score (nSPS) is 9.68. The minimum Gasteiger partial charge on any atom is -0.375 e. The van der Waals surface area contributed by atoms with Gasteiger partial charge >= 0.3 is 0 Å². The number of anilines is 1. The highest BCUT2D eigenvalue weighted by atomic mass is 32.1. The molecule has 0 heterocycles. The fourth-order valence-corrected chi connectivity index (χ4v) is 1.72. The first kappa shape index (κ1) is 13.0. The van der Waals surface area contributed by atoms with Crippen LogP contribution in [0.3, 0.4) is 0 Å². The van der Waals surface area contributed by atoms with Gasteiger partial charge in [0.2, 0.25) is 0 Å². The van der Waals surface area contributed by atoms with E-state index in [-0.39, 0.29) is 10.9 Å². The molecule has 4 N–H and O–H groups in total. The zero-order valence-electron chi connectivity index (χ0n) is 10.1. The van der Waals surface area contributed by atoms with E-state index >= 15 is 0 Å². The molecule has 0 aliphatic rings. The molecule has 0 saturated heterocycles. The van der Waals surface area contributed by atoms with Gasteiger partial charge in [-0.25, -0.2) is 0 Å². The van der Waals surface area contributed by atoms with Crippen LogP contribution in [0.1, 0.15) is 15.9 Å². The Labute approximate surface area is 116 Å². The van der Waals surface area contributed by atoms with E-state index in [1.54, 1.807) is 24.3 Å². The number of benzene rings is 2. The average Bonchev–Trinajstić information content (AvgIpc) is 2.45. The lowest BCUT2D eigenvalue weighted by molar-refractivity contribution is 0.103. The highest BCUT2D eigenvalue weighted by Gasteiger charge is 2.12. The molecule has 5 heteroatoms. The summed E-state index contributed by atoms with van der Waals surface area (Å²) in [6.45, 7) is 0. The molecule has 0 aliphatic carbocycles. The molecule has 0 spiro atoms. The Balaban J connectivity index is 2.29. The molecule has 0 aromatic heterocycles. The number of rotatable bonds is 4. The van der Waals surface area contributed by atoms with Crippen LogP contribution in [0.5, 0.6) is 0 Å². The summed E-state index contributed by atoms with van der Waals surface area (Å²) in [5, 5.41) is 0.113. The molecule has 0 saturated carbocycles. The molecule has 0 aliphatic heterocycles. The maximum Gasteiger partial charge on any atom is 0.195 e. The Bertz CT molecular complexity index is 599. The van der Waals surface area contributed by atoms with Crippen molar-refractivity contribution >= 4 is 28.8 Å². The Morgan fingerprint density at radius 1 is 1.00 bits per heavy atom. The van der Waals surface area contributed by atoms with Gasteiger partial charge in [0.1, 0.15) is 0 Å². The van der Waals surface area contributed by atoms with Crippen molar-refractivity contribution in [2.24, 2.45) is 5.73 Å². The third-order valence-corrected chi connectivity index (χ3v) is 2.63. The van der Waals surface area contributed by atoms with Crippen molar-refractivity contribution in [2.45, 2.75) is 0 Å². The van der Waals surface area contributed by atoms with Gasteiger partial charge in [-0.1, -0.05) is 42.5 Å². The van der Waals surface area contributed by atoms with E-state index in [0.717, 1.165) is 0 Å². The molecule has 0 bridgehead atoms. The van der Waals surface area contributed by atoms with Crippen molar-refractivity contribution in [3.8, 4) is 0 Å². The van der Waals surface area contributed by atoms with Gasteiger partial charge < -0.3 is 5.73 Å². The third kappa shape index (κ3) is 3.29. The Kier molecular flexibility index (Phi) is 4.10. The Morgan fingerprint density at radius 3 is 2.32 bits per heavy atom. The van der Waals surface area contributed by atoms with E-state index < -0.39 is 0 Å². The molecule has 2 rings (SSSR count). The summed E-state index contributed by atoms with van der Waals surface area (Å²) in [6, 6.07) is 16.2. The van der Waals surface area contributed by atoms with Gasteiger partial charge in [0.15, 0.2) is 10.9 Å². The molecule has 2 aromatic rings. The second kappa shape index (κ2) is 5.97. The Morgan fingerprint density at radius 2 is 1.63 bits per heavy atom. The molecule has 4 nitrogen and oxygen atoms in total. The topological polar surface area (TPSA) is 67.2 Å². The standard InChI is InChI=1S/C14H13N3OS/c15-14(19)17-16-12-9-5-4-8-11(12)13(18)10-6-2-1-3-7-10/h1-9,16H,(H3,15,17,19). The van der Waals surface area contributed by atoms with E-state index in [1.807, 2.05) is 30.3 Å². The number of ketones is 1. The summed E-state index contributed by atoms with van der Waals surface area (Å²) >= 11 is 4.72. The lowest BCUT2D eigenvalue weighted by Crippen LogP contribution is -2.34. The first-order valence-corrected chi connectivity index (χ1v) is 6.09. The minimum absolute atomic E-state index is 0.0616. The van der Waals surface area contributed by atoms with Gasteiger partial charge in [0, 0.05) is 11.1 Å². The number of hydrogen-bond donors (Lipinski definition) is 3. The molecule has 0 radical (unpaired) electrons. The second-order valence-electron chi connectivity index (χ2n) is 3.85. The summed E-state index contributed by atoms with van der Waals surface area (Å²) in [5.74, 6) is -0.0616. The molecule has 0 amide bonds. The van der Waals surface area contributed by atoms with Gasteiger partial charge in [0.05, 0.1) is 5.69 Å². The molecule has 19 heavy (non-hydrogen) atoms. The number of nitrogens with two attached hydrogens (primary N) is 1. The van der Waals surface area contributed by atoms with Crippen molar-refractivity contribution in [3.63, 3.8) is 0 Å². The molecular weight excluding hydrogens is 258 g/mol. The van der Waals surface area contributed by atoms with Crippen LogP contribution < -0.4 is 16.6 Å². The molecule has 2 aromatic carbocycles. The molecule has 0 unspecified atom stereocenters. The predicted octanol–water partition coefficient (Wildman–Crippen LogP) is 2.08. The number of nitrogens with one attached hydrogen (secondary N) is 2. The summed E-state index contributed by atoms with van der Waals surface area (Å²) < 4.78 is 0. The first-order valence-electron chi connectivity index (χ1n) is 5.68. The van der Waals surface area contributed by atoms with Crippen molar-refractivity contribution in [1.82, 2.24) is 5.43 Å². The highest BCUT2D eigenvalue weighted by Crippen LogP contribution is 2.18. The summed E-state index contributed by atoms with van der Waals surface area (Å²) in [7, 11) is 0. The zero-order chi connectivity index (χ0) is 13.7. The maximum atomic E-state index is 12.4. The molecular formula is C14H13N3OS. The van der Waals surface area contributed by atoms with E-state index in [1.165, 1.54) is 0 Å². The quantitative estimate of drug-likeness (QED) is 0.451. The monoisotopic (exact) mass is 271 g/mol. The van der Waals surface area contributed by atoms with Crippen LogP contribution >= 0.6 is 12.2 Å². The number of carbonyl (C=O) groups is 1. The average molecular weight is 271 g/mol. The fourth-order valence-electron chi connectivity index (χ4n) is 1.66. The fraction of sp³-hybridized carbons (Fsp3) is 0. The summed E-state index contributed by atoms with van der Waals surface area (Å²) in [6.07, 6.45) is 0. The molecule has 0 fully saturated rings. The maximum absolute atomic E-state index is 12.4. The third-order valence-electron chi connectivity index (χ3n) is 2.53. The van der Waals surface area contributed by atoms with Crippen LogP contribution in [0.2, 0.25) is 0 Å². The lowest BCUT2D eigenvalue weighted by atomic mass is 10.0. The van der Waals surface area contributed by atoms with Gasteiger partial charge in [0.25, 0.3) is 0 Å². The number of hydrogen-bond acceptors (Lipinski definition) is 3. The van der Waals surface area contributed by atoms with Crippen molar-refractivity contribution in [3.05, 3.63) is 65.7 Å². The van der Waals surface area contributed by atoms with Crippen molar-refractivity contribution in [2.75, 3.05) is 5.43 Å². The minimum atomic E-state index is -0.0616.